The van der Waals surface area contributed by atoms with Gasteiger partial charge in [0, 0.05) is 7.05 Å². The minimum atomic E-state index is 0.327. The van der Waals surface area contributed by atoms with E-state index < -0.39 is 0 Å². The molecule has 0 spiro atoms. The van der Waals surface area contributed by atoms with Crippen LogP contribution in [0.3, 0.4) is 0 Å². The van der Waals surface area contributed by atoms with Crippen molar-refractivity contribution in [3.63, 3.8) is 0 Å². The highest BCUT2D eigenvalue weighted by Gasteiger charge is 2.00. The maximum absolute atomic E-state index is 5.66. The SMILES string of the molecule is CNc1ncc2ncc(Cl)nc2n1. The van der Waals surface area contributed by atoms with E-state index in [2.05, 4.69) is 25.3 Å². The third-order valence-corrected chi connectivity index (χ3v) is 1.68. The predicted molar refractivity (Wildman–Crippen MR) is 49.7 cm³/mol. The summed E-state index contributed by atoms with van der Waals surface area (Å²) in [5, 5.41) is 3.13. The Morgan fingerprint density at radius 1 is 1.23 bits per heavy atom. The van der Waals surface area contributed by atoms with Crippen molar-refractivity contribution in [3.8, 4) is 0 Å². The Morgan fingerprint density at radius 3 is 2.85 bits per heavy atom. The van der Waals surface area contributed by atoms with E-state index in [0.717, 1.165) is 0 Å². The molecule has 0 aliphatic heterocycles. The van der Waals surface area contributed by atoms with Gasteiger partial charge < -0.3 is 5.32 Å². The number of anilines is 1. The summed E-state index contributed by atoms with van der Waals surface area (Å²) >= 11 is 5.66. The van der Waals surface area contributed by atoms with Crippen LogP contribution in [0.5, 0.6) is 0 Å². The molecule has 0 saturated heterocycles. The molecule has 6 heteroatoms. The summed E-state index contributed by atoms with van der Waals surface area (Å²) in [5.74, 6) is 0.504. The molecule has 2 aromatic heterocycles. The van der Waals surface area contributed by atoms with Gasteiger partial charge in [-0.1, -0.05) is 11.6 Å². The molecule has 0 radical (unpaired) electrons. The minimum Gasteiger partial charge on any atom is -0.357 e. The van der Waals surface area contributed by atoms with Gasteiger partial charge in [-0.3, -0.25) is 0 Å². The highest BCUT2D eigenvalue weighted by molar-refractivity contribution is 6.29. The van der Waals surface area contributed by atoms with Crippen LogP contribution in [0.2, 0.25) is 5.15 Å². The van der Waals surface area contributed by atoms with Crippen LogP contribution in [-0.4, -0.2) is 27.0 Å². The molecule has 0 aliphatic carbocycles. The summed E-state index contributed by atoms with van der Waals surface area (Å²) in [6.45, 7) is 0. The van der Waals surface area contributed by atoms with Crippen molar-refractivity contribution in [1.29, 1.82) is 0 Å². The number of halogens is 1. The molecule has 66 valence electrons. The van der Waals surface area contributed by atoms with Gasteiger partial charge >= 0.3 is 0 Å². The van der Waals surface area contributed by atoms with Crippen LogP contribution < -0.4 is 5.32 Å². The molecule has 2 rings (SSSR count). The lowest BCUT2D eigenvalue weighted by Gasteiger charge is -1.98. The Kier molecular flexibility index (Phi) is 1.94. The third kappa shape index (κ3) is 1.50. The first kappa shape index (κ1) is 8.12. The fraction of sp³-hybridized carbons (Fsp3) is 0.143. The molecular weight excluding hydrogens is 190 g/mol. The average Bonchev–Trinajstić information content (AvgIpc) is 2.16. The van der Waals surface area contributed by atoms with Gasteiger partial charge in [-0.15, -0.1) is 0 Å². The summed E-state index contributed by atoms with van der Waals surface area (Å²) in [6, 6.07) is 0. The number of nitrogens with one attached hydrogen (secondary N) is 1. The van der Waals surface area contributed by atoms with E-state index in [1.54, 1.807) is 13.2 Å². The van der Waals surface area contributed by atoms with Crippen molar-refractivity contribution >= 4 is 28.7 Å². The van der Waals surface area contributed by atoms with Crippen LogP contribution in [0.15, 0.2) is 12.4 Å². The average molecular weight is 196 g/mol. The van der Waals surface area contributed by atoms with Crippen molar-refractivity contribution in [3.05, 3.63) is 17.5 Å². The van der Waals surface area contributed by atoms with Crippen molar-refractivity contribution in [1.82, 2.24) is 19.9 Å². The Labute approximate surface area is 79.2 Å². The van der Waals surface area contributed by atoms with Gasteiger partial charge in [0.2, 0.25) is 5.95 Å². The van der Waals surface area contributed by atoms with Crippen LogP contribution in [0.4, 0.5) is 5.95 Å². The van der Waals surface area contributed by atoms with Crippen molar-refractivity contribution in [2.24, 2.45) is 0 Å². The van der Waals surface area contributed by atoms with Crippen molar-refractivity contribution in [2.75, 3.05) is 12.4 Å². The zero-order valence-electron chi connectivity index (χ0n) is 6.82. The zero-order chi connectivity index (χ0) is 9.26. The Morgan fingerprint density at radius 2 is 2.08 bits per heavy atom. The largest absolute Gasteiger partial charge is 0.357 e. The highest BCUT2D eigenvalue weighted by atomic mass is 35.5. The number of hydrogen-bond donors (Lipinski definition) is 1. The van der Waals surface area contributed by atoms with Crippen molar-refractivity contribution in [2.45, 2.75) is 0 Å². The second kappa shape index (κ2) is 3.10. The topological polar surface area (TPSA) is 63.6 Å². The number of rotatable bonds is 1. The normalized spacial score (nSPS) is 10.3. The van der Waals surface area contributed by atoms with Gasteiger partial charge in [0.1, 0.15) is 10.7 Å². The van der Waals surface area contributed by atoms with Gasteiger partial charge in [-0.05, 0) is 0 Å². The van der Waals surface area contributed by atoms with Gasteiger partial charge in [-0.25, -0.2) is 15.0 Å². The standard InChI is InChI=1S/C7H6ClN5/c1-9-7-11-2-4-6(13-7)12-5(8)3-10-4/h2-3H,1H3,(H,9,11,12,13). The number of hydrogen-bond acceptors (Lipinski definition) is 5. The summed E-state index contributed by atoms with van der Waals surface area (Å²) in [7, 11) is 1.74. The Hall–Kier alpha value is -1.49. The fourth-order valence-electron chi connectivity index (χ4n) is 0.913. The molecule has 0 unspecified atom stereocenters. The number of fused-ring (bicyclic) bond motifs is 1. The molecule has 0 amide bonds. The molecule has 5 nitrogen and oxygen atoms in total. The predicted octanol–water partition coefficient (Wildman–Crippen LogP) is 1.11. The van der Waals surface area contributed by atoms with E-state index in [1.807, 2.05) is 0 Å². The van der Waals surface area contributed by atoms with Gasteiger partial charge in [0.05, 0.1) is 12.4 Å². The molecule has 2 heterocycles. The molecule has 1 N–H and O–H groups in total. The van der Waals surface area contributed by atoms with E-state index in [0.29, 0.717) is 22.3 Å². The lowest BCUT2D eigenvalue weighted by atomic mass is 10.5. The smallest absolute Gasteiger partial charge is 0.224 e. The lowest BCUT2D eigenvalue weighted by Crippen LogP contribution is -1.97. The maximum Gasteiger partial charge on any atom is 0.224 e. The molecule has 0 atom stereocenters. The first-order valence-corrected chi connectivity index (χ1v) is 4.00. The van der Waals surface area contributed by atoms with E-state index in [9.17, 15) is 0 Å². The molecule has 2 aromatic rings. The summed E-state index contributed by atoms with van der Waals surface area (Å²) < 4.78 is 0. The molecule has 0 bridgehead atoms. The van der Waals surface area contributed by atoms with E-state index in [-0.39, 0.29) is 0 Å². The van der Waals surface area contributed by atoms with Crippen LogP contribution in [0, 0.1) is 0 Å². The van der Waals surface area contributed by atoms with Crippen LogP contribution in [0.1, 0.15) is 0 Å². The van der Waals surface area contributed by atoms with E-state index >= 15 is 0 Å². The highest BCUT2D eigenvalue weighted by Crippen LogP contribution is 2.10. The molecule has 0 fully saturated rings. The molecule has 0 aliphatic rings. The van der Waals surface area contributed by atoms with E-state index in [4.69, 9.17) is 11.6 Å². The van der Waals surface area contributed by atoms with Crippen LogP contribution >= 0.6 is 11.6 Å². The third-order valence-electron chi connectivity index (χ3n) is 1.50. The second-order valence-electron chi connectivity index (χ2n) is 2.35. The molecule has 0 saturated carbocycles. The van der Waals surface area contributed by atoms with Gasteiger partial charge in [-0.2, -0.15) is 4.98 Å². The number of aromatic nitrogens is 4. The quantitative estimate of drug-likeness (QED) is 0.739. The van der Waals surface area contributed by atoms with Gasteiger partial charge in [0.25, 0.3) is 0 Å². The molecular formula is C7H6ClN5. The Balaban J connectivity index is 2.68. The summed E-state index contributed by atoms with van der Waals surface area (Å²) in [5.41, 5.74) is 1.12. The van der Waals surface area contributed by atoms with Crippen molar-refractivity contribution < 1.29 is 0 Å². The zero-order valence-corrected chi connectivity index (χ0v) is 7.58. The maximum atomic E-state index is 5.66. The minimum absolute atomic E-state index is 0.327. The van der Waals surface area contributed by atoms with Crippen LogP contribution in [0.25, 0.3) is 11.2 Å². The summed E-state index contributed by atoms with van der Waals surface area (Å²) in [6.07, 6.45) is 3.06. The monoisotopic (exact) mass is 195 g/mol. The first-order chi connectivity index (χ1) is 6.29. The fourth-order valence-corrected chi connectivity index (χ4v) is 1.04. The lowest BCUT2D eigenvalue weighted by molar-refractivity contribution is 1.14. The second-order valence-corrected chi connectivity index (χ2v) is 2.73. The van der Waals surface area contributed by atoms with Gasteiger partial charge in [0.15, 0.2) is 5.65 Å². The van der Waals surface area contributed by atoms with E-state index in [1.165, 1.54) is 6.20 Å². The molecule has 13 heavy (non-hydrogen) atoms. The number of nitrogens with zero attached hydrogens (tertiary/aromatic N) is 4. The summed E-state index contributed by atoms with van der Waals surface area (Å²) in [4.78, 5) is 16.1. The first-order valence-electron chi connectivity index (χ1n) is 3.62. The molecule has 0 aromatic carbocycles. The Bertz CT molecular complexity index is 444. The van der Waals surface area contributed by atoms with Crippen LogP contribution in [-0.2, 0) is 0 Å².